The monoisotopic (exact) mass is 421 g/mol. The molecule has 0 aromatic rings. The lowest BCUT2D eigenvalue weighted by Gasteiger charge is -2.27. The van der Waals surface area contributed by atoms with Crippen LogP contribution in [0.15, 0.2) is 0 Å². The summed E-state index contributed by atoms with van der Waals surface area (Å²) in [5.41, 5.74) is -0.671. The minimum Gasteiger partial charge on any atom is -0.464 e. The molecule has 0 N–H and O–H groups in total. The van der Waals surface area contributed by atoms with E-state index in [0.717, 1.165) is 0 Å². The molecular formula is C16H27N3O10. The summed E-state index contributed by atoms with van der Waals surface area (Å²) >= 11 is 0. The van der Waals surface area contributed by atoms with Gasteiger partial charge in [-0.3, -0.25) is 4.90 Å². The van der Waals surface area contributed by atoms with E-state index in [9.17, 15) is 29.8 Å². The highest BCUT2D eigenvalue weighted by Gasteiger charge is 2.37. The second kappa shape index (κ2) is 11.2. The third-order valence-electron chi connectivity index (χ3n) is 3.92. The van der Waals surface area contributed by atoms with Crippen molar-refractivity contribution in [1.82, 2.24) is 4.90 Å². The number of hydrogen-bond donors (Lipinski definition) is 0. The summed E-state index contributed by atoms with van der Waals surface area (Å²) in [7, 11) is 0. The van der Waals surface area contributed by atoms with E-state index in [1.54, 1.807) is 20.8 Å². The normalized spacial score (nSPS) is 17.3. The molecule has 0 radical (unpaired) electrons. The maximum absolute atomic E-state index is 12.3. The van der Waals surface area contributed by atoms with Crippen molar-refractivity contribution in [2.45, 2.75) is 70.6 Å². The van der Waals surface area contributed by atoms with Gasteiger partial charge in [-0.2, -0.15) is 0 Å². The van der Waals surface area contributed by atoms with Crippen LogP contribution in [0.2, 0.25) is 0 Å². The van der Waals surface area contributed by atoms with Crippen molar-refractivity contribution in [1.29, 1.82) is 0 Å². The second-order valence-corrected chi connectivity index (χ2v) is 7.47. The van der Waals surface area contributed by atoms with E-state index in [-0.39, 0.29) is 13.0 Å². The van der Waals surface area contributed by atoms with E-state index in [1.165, 1.54) is 4.90 Å². The number of hydrogen-bond acceptors (Lipinski definition) is 10. The first kappa shape index (κ1) is 24.2. The van der Waals surface area contributed by atoms with Crippen molar-refractivity contribution in [2.24, 2.45) is 0 Å². The number of carbonyl (C=O) groups excluding carboxylic acids is 2. The number of carbonyl (C=O) groups is 2. The average molecular weight is 421 g/mol. The molecule has 0 spiro atoms. The fraction of sp³-hybridized carbons (Fsp3) is 0.875. The van der Waals surface area contributed by atoms with Crippen molar-refractivity contribution >= 4 is 12.1 Å². The van der Waals surface area contributed by atoms with E-state index in [4.69, 9.17) is 9.47 Å². The zero-order chi connectivity index (χ0) is 22.0. The van der Waals surface area contributed by atoms with Gasteiger partial charge in [0.15, 0.2) is 0 Å². The molecule has 1 heterocycles. The highest BCUT2D eigenvalue weighted by atomic mass is 17.0. The molecular weight excluding hydrogens is 394 g/mol. The van der Waals surface area contributed by atoms with Crippen molar-refractivity contribution in [3.63, 3.8) is 0 Å². The van der Waals surface area contributed by atoms with Gasteiger partial charge in [0.2, 0.25) is 0 Å². The number of esters is 1. The second-order valence-electron chi connectivity index (χ2n) is 7.47. The first-order chi connectivity index (χ1) is 13.5. The third-order valence-corrected chi connectivity index (χ3v) is 3.92. The number of unbranched alkanes of at least 4 members (excludes halogenated alkanes) is 1. The Bertz CT molecular complexity index is 592. The lowest BCUT2D eigenvalue weighted by atomic mass is 10.1. The van der Waals surface area contributed by atoms with Crippen molar-refractivity contribution in [3.8, 4) is 0 Å². The predicted octanol–water partition coefficient (Wildman–Crippen LogP) is 1.88. The highest BCUT2D eigenvalue weighted by Crippen LogP contribution is 2.22. The Labute approximate surface area is 167 Å². The van der Waals surface area contributed by atoms with Crippen LogP contribution in [0, 0.1) is 20.2 Å². The van der Waals surface area contributed by atoms with Crippen LogP contribution in [0.25, 0.3) is 0 Å². The van der Waals surface area contributed by atoms with E-state index < -0.39 is 46.6 Å². The molecule has 2 atom stereocenters. The quantitative estimate of drug-likeness (QED) is 0.208. The van der Waals surface area contributed by atoms with Gasteiger partial charge in [0.1, 0.15) is 24.4 Å². The molecule has 13 nitrogen and oxygen atoms in total. The molecule has 0 bridgehead atoms. The number of ether oxygens (including phenoxy) is 2. The van der Waals surface area contributed by atoms with Gasteiger partial charge < -0.3 is 19.1 Å². The number of nitrogens with zero attached hydrogens (tertiary/aromatic N) is 3. The molecule has 13 heteroatoms. The summed E-state index contributed by atoms with van der Waals surface area (Å²) in [5.74, 6) is -0.539. The molecule has 0 aromatic heterocycles. The lowest BCUT2D eigenvalue weighted by Crippen LogP contribution is -2.44. The molecule has 1 fully saturated rings. The average Bonchev–Trinajstić information content (AvgIpc) is 3.07. The summed E-state index contributed by atoms with van der Waals surface area (Å²) < 4.78 is 10.5. The van der Waals surface area contributed by atoms with Gasteiger partial charge >= 0.3 is 12.1 Å². The van der Waals surface area contributed by atoms with Gasteiger partial charge in [-0.25, -0.2) is 9.59 Å². The van der Waals surface area contributed by atoms with Gasteiger partial charge in [-0.1, -0.05) is 0 Å². The maximum atomic E-state index is 12.3. The smallest absolute Gasteiger partial charge is 0.411 e. The predicted molar refractivity (Wildman–Crippen MR) is 95.6 cm³/mol. The Kier molecular flexibility index (Phi) is 9.35. The van der Waals surface area contributed by atoms with E-state index in [0.29, 0.717) is 32.2 Å². The minimum absolute atomic E-state index is 0.0404. The summed E-state index contributed by atoms with van der Waals surface area (Å²) in [5, 5.41) is 18.5. The Morgan fingerprint density at radius 2 is 1.86 bits per heavy atom. The maximum Gasteiger partial charge on any atom is 0.411 e. The van der Waals surface area contributed by atoms with Crippen molar-refractivity contribution in [2.75, 3.05) is 19.8 Å². The Hall–Kier alpha value is -2.86. The van der Waals surface area contributed by atoms with Crippen LogP contribution in [-0.2, 0) is 23.9 Å². The molecule has 0 aliphatic carbocycles. The summed E-state index contributed by atoms with van der Waals surface area (Å²) in [6, 6.07) is -0.705. The van der Waals surface area contributed by atoms with E-state index in [1.807, 2.05) is 0 Å². The summed E-state index contributed by atoms with van der Waals surface area (Å²) in [6.45, 7) is 5.09. The Morgan fingerprint density at radius 1 is 1.17 bits per heavy atom. The molecule has 2 unspecified atom stereocenters. The molecule has 1 rings (SSSR count). The standard InChI is InChI=1S/C16H27N3O10/c1-16(2,3)28-15(21)17-9-6-8-13(17)14(20)26-10-5-4-7-12(29-19(24)25)11-27-18(22)23/h12-13H,4-11H2,1-3H3. The largest absolute Gasteiger partial charge is 0.464 e. The van der Waals surface area contributed by atoms with Gasteiger partial charge in [-0.05, 0) is 52.9 Å². The first-order valence-corrected chi connectivity index (χ1v) is 9.24. The van der Waals surface area contributed by atoms with Crippen molar-refractivity contribution < 1.29 is 38.9 Å². The topological polar surface area (TPSA) is 161 Å². The molecule has 0 aromatic carbocycles. The number of likely N-dealkylation sites (tertiary alicyclic amines) is 1. The summed E-state index contributed by atoms with van der Waals surface area (Å²) in [6.07, 6.45) is 0.310. The molecule has 1 aliphatic heterocycles. The van der Waals surface area contributed by atoms with Crippen LogP contribution in [0.3, 0.4) is 0 Å². The molecule has 166 valence electrons. The fourth-order valence-electron chi connectivity index (χ4n) is 2.73. The molecule has 1 amide bonds. The van der Waals surface area contributed by atoms with Crippen molar-refractivity contribution in [3.05, 3.63) is 20.2 Å². The SMILES string of the molecule is CC(C)(C)OC(=O)N1CCCC1C(=O)OCCCCC(CO[N+](=O)[O-])O[N+](=O)[O-]. The molecule has 1 aliphatic rings. The molecule has 1 saturated heterocycles. The zero-order valence-corrected chi connectivity index (χ0v) is 16.7. The fourth-order valence-corrected chi connectivity index (χ4v) is 2.73. The van der Waals surface area contributed by atoms with Crippen LogP contribution >= 0.6 is 0 Å². The highest BCUT2D eigenvalue weighted by molar-refractivity contribution is 5.82. The van der Waals surface area contributed by atoms with Crippen LogP contribution in [0.4, 0.5) is 4.79 Å². The third kappa shape index (κ3) is 9.76. The molecule has 0 saturated carbocycles. The van der Waals surface area contributed by atoms with Gasteiger partial charge in [-0.15, -0.1) is 20.2 Å². The van der Waals surface area contributed by atoms with E-state index in [2.05, 4.69) is 9.68 Å². The van der Waals surface area contributed by atoms with Crippen LogP contribution < -0.4 is 0 Å². The van der Waals surface area contributed by atoms with E-state index >= 15 is 0 Å². The Balaban J connectivity index is 2.37. The van der Waals surface area contributed by atoms with Gasteiger partial charge in [0.25, 0.3) is 10.2 Å². The van der Waals surface area contributed by atoms with Crippen LogP contribution in [-0.4, -0.2) is 64.6 Å². The van der Waals surface area contributed by atoms with Gasteiger partial charge in [0.05, 0.1) is 6.61 Å². The lowest BCUT2D eigenvalue weighted by molar-refractivity contribution is -0.790. The summed E-state index contributed by atoms with van der Waals surface area (Å²) in [4.78, 5) is 54.8. The van der Waals surface area contributed by atoms with Crippen LogP contribution in [0.5, 0.6) is 0 Å². The van der Waals surface area contributed by atoms with Gasteiger partial charge in [0, 0.05) is 6.54 Å². The molecule has 29 heavy (non-hydrogen) atoms. The number of amides is 1. The zero-order valence-electron chi connectivity index (χ0n) is 16.7. The Morgan fingerprint density at radius 3 is 2.45 bits per heavy atom. The first-order valence-electron chi connectivity index (χ1n) is 9.24. The number of rotatable bonds is 11. The minimum atomic E-state index is -1.09. The van der Waals surface area contributed by atoms with Crippen LogP contribution in [0.1, 0.15) is 52.9 Å².